The van der Waals surface area contributed by atoms with E-state index in [0.717, 1.165) is 6.21 Å². The zero-order valence-electron chi connectivity index (χ0n) is 7.06. The molecule has 11 heavy (non-hydrogen) atoms. The summed E-state index contributed by atoms with van der Waals surface area (Å²) in [7, 11) is -1.49. The highest BCUT2D eigenvalue weighted by molar-refractivity contribution is 6.77. The van der Waals surface area contributed by atoms with E-state index < -0.39 is 14.0 Å². The van der Waals surface area contributed by atoms with Crippen molar-refractivity contribution >= 4 is 14.3 Å². The minimum atomic E-state index is -2.63. The van der Waals surface area contributed by atoms with Gasteiger partial charge in [0, 0.05) is 12.1 Å². The second kappa shape index (κ2) is 2.37. The molecule has 1 aliphatic heterocycles. The van der Waals surface area contributed by atoms with E-state index >= 15 is 0 Å². The van der Waals surface area contributed by atoms with Gasteiger partial charge in [-0.15, -0.1) is 0 Å². The SMILES string of the molecule is C[Si](C)(C)C1CC(F)(F)C=N1. The van der Waals surface area contributed by atoms with Crippen LogP contribution in [0.25, 0.3) is 0 Å². The summed E-state index contributed by atoms with van der Waals surface area (Å²) in [5, 5.41) is 0. The average Bonchev–Trinajstić information content (AvgIpc) is 2.07. The molecule has 0 aromatic rings. The molecule has 1 aliphatic rings. The van der Waals surface area contributed by atoms with Gasteiger partial charge in [-0.05, 0) is 0 Å². The molecule has 64 valence electrons. The first-order valence-electron chi connectivity index (χ1n) is 3.73. The van der Waals surface area contributed by atoms with E-state index in [9.17, 15) is 8.78 Å². The maximum Gasteiger partial charge on any atom is 0.284 e. The molecule has 1 unspecified atom stereocenters. The number of aliphatic imine (C=N–C) groups is 1. The van der Waals surface area contributed by atoms with Crippen molar-refractivity contribution in [3.8, 4) is 0 Å². The normalized spacial score (nSPS) is 29.4. The van der Waals surface area contributed by atoms with Gasteiger partial charge in [-0.1, -0.05) is 19.6 Å². The molecule has 0 aromatic carbocycles. The van der Waals surface area contributed by atoms with Crippen LogP contribution >= 0.6 is 0 Å². The van der Waals surface area contributed by atoms with Crippen LogP contribution < -0.4 is 0 Å². The zero-order valence-corrected chi connectivity index (χ0v) is 8.06. The molecule has 0 saturated carbocycles. The summed E-state index contributed by atoms with van der Waals surface area (Å²) in [5.74, 6) is -2.63. The van der Waals surface area contributed by atoms with E-state index in [2.05, 4.69) is 24.6 Å². The Balaban J connectivity index is 2.65. The number of halogens is 2. The van der Waals surface area contributed by atoms with Crippen molar-refractivity contribution < 1.29 is 8.78 Å². The monoisotopic (exact) mass is 177 g/mol. The van der Waals surface area contributed by atoms with Crippen molar-refractivity contribution in [2.75, 3.05) is 0 Å². The standard InChI is InChI=1S/C7H13F2NSi/c1-11(2,3)6-4-7(8,9)5-10-6/h5-6H,4H2,1-3H3. The molecule has 0 radical (unpaired) electrons. The van der Waals surface area contributed by atoms with Gasteiger partial charge in [-0.25, -0.2) is 8.78 Å². The first kappa shape index (κ1) is 8.84. The van der Waals surface area contributed by atoms with Gasteiger partial charge in [0.25, 0.3) is 5.92 Å². The molecule has 0 saturated heterocycles. The molecule has 0 spiro atoms. The lowest BCUT2D eigenvalue weighted by Gasteiger charge is -2.22. The summed E-state index contributed by atoms with van der Waals surface area (Å²) in [5.41, 5.74) is -0.0856. The van der Waals surface area contributed by atoms with Crippen LogP contribution in [-0.4, -0.2) is 25.9 Å². The molecule has 4 heteroatoms. The Morgan fingerprint density at radius 2 is 2.00 bits per heavy atom. The lowest BCUT2D eigenvalue weighted by atomic mass is 10.3. The predicted molar refractivity (Wildman–Crippen MR) is 45.2 cm³/mol. The number of nitrogens with zero attached hydrogens (tertiary/aromatic N) is 1. The van der Waals surface area contributed by atoms with Gasteiger partial charge in [0.2, 0.25) is 0 Å². The molecule has 1 nitrogen and oxygen atoms in total. The van der Waals surface area contributed by atoms with Crippen molar-refractivity contribution in [2.24, 2.45) is 4.99 Å². The summed E-state index contributed by atoms with van der Waals surface area (Å²) in [6.07, 6.45) is 0.749. The molecule has 0 aliphatic carbocycles. The van der Waals surface area contributed by atoms with Crippen LogP contribution in [0.15, 0.2) is 4.99 Å². The Labute approximate surface area is 66.5 Å². The molecule has 1 atom stereocenters. The quantitative estimate of drug-likeness (QED) is 0.545. The van der Waals surface area contributed by atoms with E-state index in [0.29, 0.717) is 0 Å². The van der Waals surface area contributed by atoms with Gasteiger partial charge < -0.3 is 0 Å². The number of hydrogen-bond donors (Lipinski definition) is 0. The number of alkyl halides is 2. The van der Waals surface area contributed by atoms with Crippen molar-refractivity contribution in [3.05, 3.63) is 0 Å². The van der Waals surface area contributed by atoms with Crippen LogP contribution in [0.3, 0.4) is 0 Å². The fourth-order valence-electron chi connectivity index (χ4n) is 1.09. The van der Waals surface area contributed by atoms with Crippen LogP contribution in [0, 0.1) is 0 Å². The zero-order chi connectivity index (χ0) is 8.70. The average molecular weight is 177 g/mol. The second-order valence-corrected chi connectivity index (χ2v) is 9.52. The number of rotatable bonds is 1. The number of hydrogen-bond acceptors (Lipinski definition) is 1. The van der Waals surface area contributed by atoms with Crippen molar-refractivity contribution in [1.29, 1.82) is 0 Å². The van der Waals surface area contributed by atoms with E-state index in [-0.39, 0.29) is 12.1 Å². The summed E-state index contributed by atoms with van der Waals surface area (Å²) in [6.45, 7) is 6.20. The maximum atomic E-state index is 12.6. The van der Waals surface area contributed by atoms with Crippen LogP contribution in [0.2, 0.25) is 19.6 Å². The highest BCUT2D eigenvalue weighted by Gasteiger charge is 2.41. The van der Waals surface area contributed by atoms with Gasteiger partial charge in [0.1, 0.15) is 0 Å². The lowest BCUT2D eigenvalue weighted by molar-refractivity contribution is 0.0824. The maximum absolute atomic E-state index is 12.6. The molecule has 0 amide bonds. The molecular weight excluding hydrogens is 164 g/mol. The molecule has 1 rings (SSSR count). The van der Waals surface area contributed by atoms with Crippen molar-refractivity contribution in [2.45, 2.75) is 37.6 Å². The predicted octanol–water partition coefficient (Wildman–Crippen LogP) is 2.34. The largest absolute Gasteiger partial charge is 0.291 e. The topological polar surface area (TPSA) is 12.4 Å². The third-order valence-electron chi connectivity index (χ3n) is 1.91. The third-order valence-corrected chi connectivity index (χ3v) is 4.26. The highest BCUT2D eigenvalue weighted by Crippen LogP contribution is 2.30. The van der Waals surface area contributed by atoms with E-state index in [1.54, 1.807) is 0 Å². The third kappa shape index (κ3) is 2.09. The molecule has 0 aromatic heterocycles. The smallest absolute Gasteiger partial charge is 0.284 e. The Kier molecular flexibility index (Phi) is 1.90. The van der Waals surface area contributed by atoms with Gasteiger partial charge in [0.15, 0.2) is 0 Å². The van der Waals surface area contributed by atoms with Gasteiger partial charge in [0.05, 0.1) is 14.3 Å². The van der Waals surface area contributed by atoms with Gasteiger partial charge >= 0.3 is 0 Å². The first-order chi connectivity index (χ1) is 4.81. The van der Waals surface area contributed by atoms with Crippen molar-refractivity contribution in [3.63, 3.8) is 0 Å². The van der Waals surface area contributed by atoms with Crippen LogP contribution in [0.1, 0.15) is 6.42 Å². The Morgan fingerprint density at radius 3 is 2.18 bits per heavy atom. The fourth-order valence-corrected chi connectivity index (χ4v) is 2.50. The Hall–Kier alpha value is -0.253. The molecule has 0 fully saturated rings. The minimum absolute atomic E-state index is 0.0667. The summed E-state index contributed by atoms with van der Waals surface area (Å²) in [4.78, 5) is 3.85. The van der Waals surface area contributed by atoms with E-state index in [1.165, 1.54) is 0 Å². The summed E-state index contributed by atoms with van der Waals surface area (Å²) >= 11 is 0. The van der Waals surface area contributed by atoms with Crippen LogP contribution in [0.4, 0.5) is 8.78 Å². The highest BCUT2D eigenvalue weighted by atomic mass is 28.3. The minimum Gasteiger partial charge on any atom is -0.291 e. The lowest BCUT2D eigenvalue weighted by Crippen LogP contribution is -2.37. The molecule has 1 heterocycles. The van der Waals surface area contributed by atoms with E-state index in [1.807, 2.05) is 0 Å². The van der Waals surface area contributed by atoms with Crippen molar-refractivity contribution in [1.82, 2.24) is 0 Å². The first-order valence-corrected chi connectivity index (χ1v) is 7.31. The second-order valence-electron chi connectivity index (χ2n) is 4.13. The molecule has 0 N–H and O–H groups in total. The van der Waals surface area contributed by atoms with Crippen LogP contribution in [0.5, 0.6) is 0 Å². The summed E-state index contributed by atoms with van der Waals surface area (Å²) < 4.78 is 25.2. The van der Waals surface area contributed by atoms with Gasteiger partial charge in [-0.3, -0.25) is 4.99 Å². The molecule has 0 bridgehead atoms. The molecular formula is C7H13F2NSi. The fraction of sp³-hybridized carbons (Fsp3) is 0.857. The Bertz CT molecular complexity index is 183. The van der Waals surface area contributed by atoms with E-state index in [4.69, 9.17) is 0 Å². The van der Waals surface area contributed by atoms with Gasteiger partial charge in [-0.2, -0.15) is 0 Å². The van der Waals surface area contributed by atoms with Crippen LogP contribution in [-0.2, 0) is 0 Å². The summed E-state index contributed by atoms with van der Waals surface area (Å²) in [6, 6.07) is 0. The Morgan fingerprint density at radius 1 is 1.45 bits per heavy atom.